The lowest BCUT2D eigenvalue weighted by Crippen LogP contribution is -2.34. The highest BCUT2D eigenvalue weighted by Crippen LogP contribution is 2.27. The van der Waals surface area contributed by atoms with Crippen LogP contribution in [0, 0.1) is 0 Å². The summed E-state index contributed by atoms with van der Waals surface area (Å²) >= 11 is 11.7. The molecule has 0 bridgehead atoms. The molecule has 0 saturated heterocycles. The van der Waals surface area contributed by atoms with Gasteiger partial charge in [0.1, 0.15) is 22.5 Å². The van der Waals surface area contributed by atoms with E-state index in [9.17, 15) is 4.79 Å². The predicted molar refractivity (Wildman–Crippen MR) is 127 cm³/mol. The van der Waals surface area contributed by atoms with E-state index in [4.69, 9.17) is 33.3 Å². The molecule has 2 N–H and O–H groups in total. The Morgan fingerprint density at radius 1 is 1.00 bits per heavy atom. The van der Waals surface area contributed by atoms with E-state index in [-0.39, 0.29) is 5.11 Å². The summed E-state index contributed by atoms with van der Waals surface area (Å²) in [5.74, 6) is 0.499. The van der Waals surface area contributed by atoms with E-state index in [1.165, 1.54) is 19.0 Å². The molecular formula is C22H18ClN5O3S. The molecule has 0 saturated carbocycles. The van der Waals surface area contributed by atoms with Gasteiger partial charge in [0, 0.05) is 6.07 Å². The van der Waals surface area contributed by atoms with Crippen molar-refractivity contribution in [2.45, 2.75) is 0 Å². The highest BCUT2D eigenvalue weighted by atomic mass is 35.5. The number of amides is 1. The lowest BCUT2D eigenvalue weighted by atomic mass is 10.2. The third-order valence-corrected chi connectivity index (χ3v) is 5.10. The average molecular weight is 468 g/mol. The van der Waals surface area contributed by atoms with Gasteiger partial charge in [0.15, 0.2) is 5.11 Å². The Kier molecular flexibility index (Phi) is 6.20. The summed E-state index contributed by atoms with van der Waals surface area (Å²) in [6, 6.07) is 17.8. The summed E-state index contributed by atoms with van der Waals surface area (Å²) in [6.07, 6.45) is 0. The first-order valence-corrected chi connectivity index (χ1v) is 10.2. The number of anilines is 1. The van der Waals surface area contributed by atoms with Gasteiger partial charge in [-0.25, -0.2) is 0 Å². The second-order valence-corrected chi connectivity index (χ2v) is 7.44. The Hall–Kier alpha value is -3.69. The van der Waals surface area contributed by atoms with Gasteiger partial charge >= 0.3 is 0 Å². The molecule has 0 radical (unpaired) electrons. The van der Waals surface area contributed by atoms with Crippen molar-refractivity contribution in [3.8, 4) is 17.2 Å². The number of para-hydroxylation sites is 1. The zero-order valence-electron chi connectivity index (χ0n) is 17.1. The summed E-state index contributed by atoms with van der Waals surface area (Å²) in [5, 5.41) is 15.0. The van der Waals surface area contributed by atoms with Crippen molar-refractivity contribution in [2.75, 3.05) is 19.5 Å². The van der Waals surface area contributed by atoms with Gasteiger partial charge in [-0.3, -0.25) is 10.1 Å². The minimum absolute atomic E-state index is 0.0737. The molecule has 10 heteroatoms. The van der Waals surface area contributed by atoms with Gasteiger partial charge in [0.05, 0.1) is 36.2 Å². The largest absolute Gasteiger partial charge is 0.497 e. The molecular weight excluding hydrogens is 450 g/mol. The van der Waals surface area contributed by atoms with Crippen molar-refractivity contribution >= 4 is 51.6 Å². The third kappa shape index (κ3) is 4.48. The number of nitrogens with zero attached hydrogens (tertiary/aromatic N) is 3. The van der Waals surface area contributed by atoms with E-state index in [2.05, 4.69) is 20.8 Å². The van der Waals surface area contributed by atoms with Crippen LogP contribution in [0.25, 0.3) is 16.7 Å². The van der Waals surface area contributed by atoms with Crippen LogP contribution in [0.5, 0.6) is 11.5 Å². The quantitative estimate of drug-likeness (QED) is 0.425. The van der Waals surface area contributed by atoms with Crippen molar-refractivity contribution in [1.82, 2.24) is 20.3 Å². The highest BCUT2D eigenvalue weighted by Gasteiger charge is 2.16. The molecule has 0 unspecified atom stereocenters. The maximum atomic E-state index is 12.7. The summed E-state index contributed by atoms with van der Waals surface area (Å²) < 4.78 is 10.4. The number of carbonyl (C=O) groups is 1. The minimum Gasteiger partial charge on any atom is -0.497 e. The molecule has 32 heavy (non-hydrogen) atoms. The van der Waals surface area contributed by atoms with E-state index < -0.39 is 5.91 Å². The van der Waals surface area contributed by atoms with Gasteiger partial charge in [0.25, 0.3) is 5.91 Å². The Morgan fingerprint density at radius 3 is 2.41 bits per heavy atom. The molecule has 3 aromatic carbocycles. The van der Waals surface area contributed by atoms with Gasteiger partial charge in [-0.2, -0.15) is 4.80 Å². The number of methoxy groups -OCH3 is 2. The number of benzene rings is 3. The van der Waals surface area contributed by atoms with Crippen molar-refractivity contribution < 1.29 is 14.3 Å². The number of aromatic nitrogens is 3. The number of halogens is 1. The average Bonchev–Trinajstić information content (AvgIpc) is 3.22. The number of hydrogen-bond donors (Lipinski definition) is 2. The van der Waals surface area contributed by atoms with Crippen LogP contribution >= 0.6 is 23.8 Å². The van der Waals surface area contributed by atoms with E-state index in [1.54, 1.807) is 30.3 Å². The van der Waals surface area contributed by atoms with Crippen LogP contribution in [0.3, 0.4) is 0 Å². The number of hydrogen-bond acceptors (Lipinski definition) is 6. The number of rotatable bonds is 5. The van der Waals surface area contributed by atoms with Crippen LogP contribution in [0.15, 0.2) is 60.7 Å². The fourth-order valence-electron chi connectivity index (χ4n) is 3.02. The Balaban J connectivity index is 1.52. The normalized spacial score (nSPS) is 10.6. The summed E-state index contributed by atoms with van der Waals surface area (Å²) in [5.41, 5.74) is 2.87. The molecule has 4 aromatic rings. The smallest absolute Gasteiger partial charge is 0.261 e. The molecule has 0 aliphatic rings. The molecule has 1 amide bonds. The Morgan fingerprint density at radius 2 is 1.72 bits per heavy atom. The van der Waals surface area contributed by atoms with Crippen LogP contribution in [0.1, 0.15) is 10.4 Å². The van der Waals surface area contributed by atoms with Crippen molar-refractivity contribution in [3.63, 3.8) is 0 Å². The fraction of sp³-hybridized carbons (Fsp3) is 0.0909. The molecule has 0 aliphatic carbocycles. The van der Waals surface area contributed by atoms with Crippen molar-refractivity contribution in [1.29, 1.82) is 0 Å². The third-order valence-electron chi connectivity index (χ3n) is 4.58. The summed E-state index contributed by atoms with van der Waals surface area (Å²) in [7, 11) is 3.01. The van der Waals surface area contributed by atoms with Gasteiger partial charge < -0.3 is 14.8 Å². The Bertz CT molecular complexity index is 1310. The number of carbonyl (C=O) groups excluding carboxylic acids is 1. The lowest BCUT2D eigenvalue weighted by Gasteiger charge is -2.13. The van der Waals surface area contributed by atoms with Gasteiger partial charge in [-0.05, 0) is 48.6 Å². The first-order valence-electron chi connectivity index (χ1n) is 9.45. The highest BCUT2D eigenvalue weighted by molar-refractivity contribution is 7.80. The second kappa shape index (κ2) is 9.21. The van der Waals surface area contributed by atoms with E-state index in [1.807, 2.05) is 30.3 Å². The number of fused-ring (bicyclic) bond motifs is 1. The van der Waals surface area contributed by atoms with Crippen LogP contribution in [0.4, 0.5) is 5.69 Å². The first kappa shape index (κ1) is 21.5. The monoisotopic (exact) mass is 467 g/mol. The molecule has 4 rings (SSSR count). The molecule has 162 valence electrons. The molecule has 1 aromatic heterocycles. The maximum absolute atomic E-state index is 12.7. The maximum Gasteiger partial charge on any atom is 0.261 e. The SMILES string of the molecule is COc1ccc(C(=O)NC(=S)Nc2cc3nn(-c4ccccc4)nc3cc2Cl)c(OC)c1. The molecule has 0 atom stereocenters. The van der Waals surface area contributed by atoms with Crippen molar-refractivity contribution in [2.24, 2.45) is 0 Å². The second-order valence-electron chi connectivity index (χ2n) is 6.62. The number of nitrogens with one attached hydrogen (secondary N) is 2. The minimum atomic E-state index is -0.436. The van der Waals surface area contributed by atoms with Crippen LogP contribution in [-0.4, -0.2) is 40.2 Å². The topological polar surface area (TPSA) is 90.3 Å². The van der Waals surface area contributed by atoms with Crippen LogP contribution in [0.2, 0.25) is 5.02 Å². The van der Waals surface area contributed by atoms with Crippen molar-refractivity contribution in [3.05, 3.63) is 71.2 Å². The molecule has 8 nitrogen and oxygen atoms in total. The summed E-state index contributed by atoms with van der Waals surface area (Å²) in [6.45, 7) is 0. The lowest BCUT2D eigenvalue weighted by molar-refractivity contribution is 0.0974. The van der Waals surface area contributed by atoms with Gasteiger partial charge in [0.2, 0.25) is 0 Å². The standard InChI is InChI=1S/C22H18ClN5O3S/c1-30-14-8-9-15(20(10-14)31-2)21(29)25-22(32)24-17-12-19-18(11-16(17)23)26-28(27-19)13-6-4-3-5-7-13/h3-12H,1-2H3,(H2,24,25,29,32). The molecule has 0 fully saturated rings. The van der Waals surface area contributed by atoms with Gasteiger partial charge in [-0.15, -0.1) is 10.2 Å². The van der Waals surface area contributed by atoms with Crippen LogP contribution < -0.4 is 20.1 Å². The molecule has 0 aliphatic heterocycles. The zero-order valence-corrected chi connectivity index (χ0v) is 18.7. The van der Waals surface area contributed by atoms with E-state index in [0.717, 1.165) is 5.69 Å². The van der Waals surface area contributed by atoms with E-state index >= 15 is 0 Å². The number of thiocarbonyl (C=S) groups is 1. The predicted octanol–water partition coefficient (Wildman–Crippen LogP) is 4.22. The zero-order chi connectivity index (χ0) is 22.7. The summed E-state index contributed by atoms with van der Waals surface area (Å²) in [4.78, 5) is 14.2. The number of ether oxygens (including phenoxy) is 2. The Labute approximate surface area is 194 Å². The van der Waals surface area contributed by atoms with Crippen LogP contribution in [-0.2, 0) is 0 Å². The molecule has 0 spiro atoms. The van der Waals surface area contributed by atoms with Gasteiger partial charge in [-0.1, -0.05) is 29.8 Å². The van der Waals surface area contributed by atoms with E-state index in [0.29, 0.717) is 38.8 Å². The fourth-order valence-corrected chi connectivity index (χ4v) is 3.43. The molecule has 1 heterocycles. The first-order chi connectivity index (χ1) is 15.5.